The summed E-state index contributed by atoms with van der Waals surface area (Å²) in [7, 11) is 2.70. The molecule has 9 nitrogen and oxygen atoms in total. The first kappa shape index (κ1) is 20.6. The van der Waals surface area contributed by atoms with Crippen LogP contribution in [0.3, 0.4) is 0 Å². The number of anilines is 4. The van der Waals surface area contributed by atoms with Crippen LogP contribution in [0.25, 0.3) is 0 Å². The number of esters is 1. The highest BCUT2D eigenvalue weighted by atomic mass is 19.2. The molecule has 0 aliphatic heterocycles. The van der Waals surface area contributed by atoms with Crippen molar-refractivity contribution in [2.24, 2.45) is 0 Å². The maximum Gasteiger partial charge on any atom is 0.354 e. The number of benzene rings is 2. The predicted octanol–water partition coefficient (Wildman–Crippen LogP) is 3.96. The number of methoxy groups -OCH3 is 1. The van der Waals surface area contributed by atoms with Crippen molar-refractivity contribution in [3.05, 3.63) is 76.1 Å². The van der Waals surface area contributed by atoms with E-state index in [1.165, 1.54) is 31.2 Å². The van der Waals surface area contributed by atoms with Crippen LogP contribution in [0.4, 0.5) is 37.5 Å². The largest absolute Gasteiger partial charge is 0.465 e. The summed E-state index contributed by atoms with van der Waals surface area (Å²) in [6.45, 7) is 0. The van der Waals surface area contributed by atoms with Crippen LogP contribution in [-0.4, -0.2) is 35.0 Å². The highest BCUT2D eigenvalue weighted by molar-refractivity contribution is 5.97. The van der Waals surface area contributed by atoms with Gasteiger partial charge in [0.1, 0.15) is 6.33 Å². The van der Waals surface area contributed by atoms with Gasteiger partial charge in [-0.2, -0.15) is 0 Å². The Hall–Kier alpha value is -4.15. The number of nitrogens with zero attached hydrogens (tertiary/aromatic N) is 4. The van der Waals surface area contributed by atoms with Crippen LogP contribution in [-0.2, 0) is 4.74 Å². The van der Waals surface area contributed by atoms with E-state index in [0.717, 1.165) is 18.5 Å². The van der Waals surface area contributed by atoms with Crippen molar-refractivity contribution in [2.75, 3.05) is 24.4 Å². The van der Waals surface area contributed by atoms with Crippen LogP contribution in [0.1, 0.15) is 10.4 Å². The lowest BCUT2D eigenvalue weighted by atomic mass is 10.1. The molecule has 2 aromatic carbocycles. The Labute approximate surface area is 169 Å². The van der Waals surface area contributed by atoms with Gasteiger partial charge in [-0.3, -0.25) is 10.1 Å². The molecule has 0 amide bonds. The number of carbonyl (C=O) groups excluding carboxylic acids is 1. The van der Waals surface area contributed by atoms with Crippen molar-refractivity contribution in [1.82, 2.24) is 9.97 Å². The summed E-state index contributed by atoms with van der Waals surface area (Å²) in [6, 6.07) is 9.27. The van der Waals surface area contributed by atoms with Crippen molar-refractivity contribution in [3.63, 3.8) is 0 Å². The summed E-state index contributed by atoms with van der Waals surface area (Å²) >= 11 is 0. The zero-order valence-electron chi connectivity index (χ0n) is 15.8. The molecule has 0 spiro atoms. The SMILES string of the molecule is COC(=O)c1ccccc1N(C)c1ncnc(Nc2ccc(F)c(F)c2)c1[N+](=O)[O-]. The number of nitrogens with one attached hydrogen (secondary N) is 1. The maximum atomic E-state index is 13.5. The molecule has 1 N–H and O–H groups in total. The van der Waals surface area contributed by atoms with Gasteiger partial charge < -0.3 is 15.0 Å². The molecule has 0 aliphatic carbocycles. The first-order chi connectivity index (χ1) is 14.3. The molecule has 0 bridgehead atoms. The molecule has 3 aromatic rings. The van der Waals surface area contributed by atoms with Gasteiger partial charge in [-0.15, -0.1) is 0 Å². The molecule has 0 unspecified atom stereocenters. The second-order valence-corrected chi connectivity index (χ2v) is 5.97. The van der Waals surface area contributed by atoms with E-state index in [-0.39, 0.29) is 22.9 Å². The van der Waals surface area contributed by atoms with Crippen LogP contribution in [0.5, 0.6) is 0 Å². The van der Waals surface area contributed by atoms with Gasteiger partial charge in [-0.1, -0.05) is 12.1 Å². The van der Waals surface area contributed by atoms with Crippen molar-refractivity contribution in [3.8, 4) is 0 Å². The third-order valence-corrected chi connectivity index (χ3v) is 4.16. The van der Waals surface area contributed by atoms with E-state index >= 15 is 0 Å². The second kappa shape index (κ2) is 8.47. The molecule has 0 saturated heterocycles. The number of carbonyl (C=O) groups is 1. The van der Waals surface area contributed by atoms with Gasteiger partial charge >= 0.3 is 11.7 Å². The van der Waals surface area contributed by atoms with Crippen LogP contribution in [0, 0.1) is 21.7 Å². The zero-order valence-corrected chi connectivity index (χ0v) is 15.8. The summed E-state index contributed by atoms with van der Waals surface area (Å²) in [4.78, 5) is 32.3. The summed E-state index contributed by atoms with van der Waals surface area (Å²) < 4.78 is 31.4. The molecule has 0 saturated carbocycles. The molecule has 1 heterocycles. The monoisotopic (exact) mass is 415 g/mol. The average molecular weight is 415 g/mol. The number of ether oxygens (including phenoxy) is 1. The Kier molecular flexibility index (Phi) is 5.81. The van der Waals surface area contributed by atoms with Crippen molar-refractivity contribution >= 4 is 34.7 Å². The van der Waals surface area contributed by atoms with E-state index < -0.39 is 28.2 Å². The lowest BCUT2D eigenvalue weighted by Gasteiger charge is -2.21. The molecule has 0 aliphatic rings. The molecule has 0 fully saturated rings. The Morgan fingerprint density at radius 2 is 1.90 bits per heavy atom. The van der Waals surface area contributed by atoms with Crippen molar-refractivity contribution in [2.45, 2.75) is 0 Å². The van der Waals surface area contributed by atoms with Crippen LogP contribution in [0.15, 0.2) is 48.8 Å². The molecular weight excluding hydrogens is 400 g/mol. The lowest BCUT2D eigenvalue weighted by molar-refractivity contribution is -0.383. The summed E-state index contributed by atoms with van der Waals surface area (Å²) in [5, 5.41) is 14.4. The molecule has 3 rings (SSSR count). The first-order valence-corrected chi connectivity index (χ1v) is 8.46. The fourth-order valence-corrected chi connectivity index (χ4v) is 2.75. The minimum absolute atomic E-state index is 0.0549. The highest BCUT2D eigenvalue weighted by Gasteiger charge is 2.28. The minimum atomic E-state index is -1.12. The van der Waals surface area contributed by atoms with E-state index in [1.807, 2.05) is 0 Å². The van der Waals surface area contributed by atoms with Gasteiger partial charge in [0.2, 0.25) is 11.6 Å². The molecule has 30 heavy (non-hydrogen) atoms. The second-order valence-electron chi connectivity index (χ2n) is 5.97. The number of aromatic nitrogens is 2. The smallest absolute Gasteiger partial charge is 0.354 e. The fourth-order valence-electron chi connectivity index (χ4n) is 2.75. The number of hydrogen-bond acceptors (Lipinski definition) is 8. The van der Waals surface area contributed by atoms with Crippen LogP contribution < -0.4 is 10.2 Å². The van der Waals surface area contributed by atoms with E-state index in [1.54, 1.807) is 18.2 Å². The summed E-state index contributed by atoms with van der Waals surface area (Å²) in [6.07, 6.45) is 1.07. The first-order valence-electron chi connectivity index (χ1n) is 8.46. The quantitative estimate of drug-likeness (QED) is 0.366. The third kappa shape index (κ3) is 3.99. The van der Waals surface area contributed by atoms with E-state index in [9.17, 15) is 23.7 Å². The fraction of sp³-hybridized carbons (Fsp3) is 0.105. The molecule has 11 heteroatoms. The minimum Gasteiger partial charge on any atom is -0.465 e. The van der Waals surface area contributed by atoms with E-state index in [4.69, 9.17) is 4.74 Å². The van der Waals surface area contributed by atoms with Gasteiger partial charge in [-0.05, 0) is 24.3 Å². The summed E-state index contributed by atoms with van der Waals surface area (Å²) in [5.74, 6) is -3.18. The molecule has 0 atom stereocenters. The Morgan fingerprint density at radius 3 is 2.57 bits per heavy atom. The number of rotatable bonds is 6. The summed E-state index contributed by atoms with van der Waals surface area (Å²) in [5.41, 5.74) is 0.0131. The van der Waals surface area contributed by atoms with Gasteiger partial charge in [0.15, 0.2) is 11.6 Å². The Morgan fingerprint density at radius 1 is 1.17 bits per heavy atom. The zero-order chi connectivity index (χ0) is 21.8. The van der Waals surface area contributed by atoms with E-state index in [0.29, 0.717) is 5.69 Å². The van der Waals surface area contributed by atoms with Crippen molar-refractivity contribution in [1.29, 1.82) is 0 Å². The normalized spacial score (nSPS) is 10.4. The van der Waals surface area contributed by atoms with Gasteiger partial charge in [-0.25, -0.2) is 23.5 Å². The average Bonchev–Trinajstić information content (AvgIpc) is 2.75. The van der Waals surface area contributed by atoms with Gasteiger partial charge in [0, 0.05) is 18.8 Å². The Balaban J connectivity index is 2.08. The molecule has 1 aromatic heterocycles. The predicted molar refractivity (Wildman–Crippen MR) is 104 cm³/mol. The van der Waals surface area contributed by atoms with Gasteiger partial charge in [0.05, 0.1) is 23.3 Å². The van der Waals surface area contributed by atoms with E-state index in [2.05, 4.69) is 15.3 Å². The topological polar surface area (TPSA) is 110 Å². The number of nitro groups is 1. The standard InChI is InChI=1S/C19H15F2N5O4/c1-25(15-6-4-3-5-12(15)19(27)30-2)18-16(26(28)29)17(22-10-23-18)24-11-7-8-13(20)14(21)9-11/h3-10H,1-2H3,(H,22,23,24). The lowest BCUT2D eigenvalue weighted by Crippen LogP contribution is -2.18. The van der Waals surface area contributed by atoms with Gasteiger partial charge in [0.25, 0.3) is 0 Å². The molecule has 0 radical (unpaired) electrons. The number of hydrogen-bond donors (Lipinski definition) is 1. The van der Waals surface area contributed by atoms with Crippen molar-refractivity contribution < 1.29 is 23.2 Å². The number of para-hydroxylation sites is 1. The van der Waals surface area contributed by atoms with Crippen LogP contribution >= 0.6 is 0 Å². The molecule has 154 valence electrons. The number of halogens is 2. The third-order valence-electron chi connectivity index (χ3n) is 4.16. The Bertz CT molecular complexity index is 1130. The molecular formula is C19H15F2N5O4. The van der Waals surface area contributed by atoms with Crippen LogP contribution in [0.2, 0.25) is 0 Å². The highest BCUT2D eigenvalue weighted by Crippen LogP contribution is 2.37. The maximum absolute atomic E-state index is 13.5.